The molecule has 6 nitrogen and oxygen atoms in total. The average Bonchev–Trinajstić information content (AvgIpc) is 2.55. The zero-order valence-electron chi connectivity index (χ0n) is 13.9. The molecular weight excluding hydrogens is 296 g/mol. The number of esters is 1. The van der Waals surface area contributed by atoms with Crippen molar-refractivity contribution in [1.82, 2.24) is 0 Å². The summed E-state index contributed by atoms with van der Waals surface area (Å²) in [7, 11) is 0. The minimum absolute atomic E-state index is 0.162. The number of nitrogens with two attached hydrogens (primary N) is 1. The summed E-state index contributed by atoms with van der Waals surface area (Å²) < 4.78 is 11.1. The summed E-state index contributed by atoms with van der Waals surface area (Å²) in [5.41, 5.74) is 5.90. The molecule has 2 rings (SSSR count). The van der Waals surface area contributed by atoms with Crippen LogP contribution in [-0.4, -0.2) is 30.6 Å². The van der Waals surface area contributed by atoms with Crippen LogP contribution in [0.4, 0.5) is 11.4 Å². The van der Waals surface area contributed by atoms with Crippen molar-refractivity contribution in [3.63, 3.8) is 0 Å². The normalized spacial score (nSPS) is 15.8. The molecule has 1 aliphatic rings. The number of hydrogen-bond acceptors (Lipinski definition) is 5. The number of carbonyl (C=O) groups is 2. The second-order valence-corrected chi connectivity index (χ2v) is 5.61. The van der Waals surface area contributed by atoms with Gasteiger partial charge in [0.15, 0.2) is 5.60 Å². The predicted molar refractivity (Wildman–Crippen MR) is 88.4 cm³/mol. The third-order valence-corrected chi connectivity index (χ3v) is 4.14. The number of anilines is 2. The van der Waals surface area contributed by atoms with E-state index in [1.165, 1.54) is 4.90 Å². The second kappa shape index (κ2) is 6.89. The average molecular weight is 320 g/mol. The molecule has 0 aromatic heterocycles. The Morgan fingerprint density at radius 1 is 1.30 bits per heavy atom. The lowest BCUT2D eigenvalue weighted by Crippen LogP contribution is -2.57. The topological polar surface area (TPSA) is 81.9 Å². The van der Waals surface area contributed by atoms with Gasteiger partial charge in [0.25, 0.3) is 5.91 Å². The fraction of sp³-hybridized carbons (Fsp3) is 0.529. The molecular formula is C17H24N2O4. The molecule has 2 N–H and O–H groups in total. The first-order valence-corrected chi connectivity index (χ1v) is 8.04. The molecule has 1 heterocycles. The van der Waals surface area contributed by atoms with E-state index in [0.29, 0.717) is 36.6 Å². The van der Waals surface area contributed by atoms with Crippen LogP contribution in [0.3, 0.4) is 0 Å². The first kappa shape index (κ1) is 17.1. The van der Waals surface area contributed by atoms with Crippen LogP contribution >= 0.6 is 0 Å². The molecule has 1 aromatic carbocycles. The van der Waals surface area contributed by atoms with Crippen LogP contribution in [0.5, 0.6) is 5.75 Å². The van der Waals surface area contributed by atoms with Crippen LogP contribution in [-0.2, 0) is 14.3 Å². The quantitative estimate of drug-likeness (QED) is 0.643. The van der Waals surface area contributed by atoms with Gasteiger partial charge in [-0.15, -0.1) is 0 Å². The maximum atomic E-state index is 13.0. The zero-order chi connectivity index (χ0) is 17.0. The smallest absolute Gasteiger partial charge is 0.326 e. The van der Waals surface area contributed by atoms with Gasteiger partial charge in [-0.2, -0.15) is 0 Å². The molecule has 1 amide bonds. The van der Waals surface area contributed by atoms with Crippen molar-refractivity contribution in [3.8, 4) is 5.75 Å². The molecule has 23 heavy (non-hydrogen) atoms. The SMILES string of the molecule is CCCOC(=O)CN1C(=O)C(CC)(CC)Oc2cccc(N)c21. The van der Waals surface area contributed by atoms with Crippen LogP contribution < -0.4 is 15.4 Å². The van der Waals surface area contributed by atoms with E-state index in [9.17, 15) is 9.59 Å². The maximum absolute atomic E-state index is 13.0. The van der Waals surface area contributed by atoms with Gasteiger partial charge in [0, 0.05) is 0 Å². The summed E-state index contributed by atoms with van der Waals surface area (Å²) in [6.07, 6.45) is 1.75. The number of amides is 1. The zero-order valence-corrected chi connectivity index (χ0v) is 13.9. The fourth-order valence-electron chi connectivity index (χ4n) is 2.75. The molecule has 0 aliphatic carbocycles. The monoisotopic (exact) mass is 320 g/mol. The van der Waals surface area contributed by atoms with Gasteiger partial charge >= 0.3 is 5.97 Å². The Morgan fingerprint density at radius 2 is 2.00 bits per heavy atom. The van der Waals surface area contributed by atoms with Crippen molar-refractivity contribution >= 4 is 23.3 Å². The Hall–Kier alpha value is -2.24. The standard InChI is InChI=1S/C17H24N2O4/c1-4-10-22-14(20)11-19-15-12(18)8-7-9-13(15)23-17(5-2,6-3)16(19)21/h7-9H,4-6,10-11,18H2,1-3H3. The summed E-state index contributed by atoms with van der Waals surface area (Å²) in [6.45, 7) is 5.88. The van der Waals surface area contributed by atoms with E-state index in [1.54, 1.807) is 18.2 Å². The van der Waals surface area contributed by atoms with E-state index in [1.807, 2.05) is 20.8 Å². The minimum atomic E-state index is -0.966. The van der Waals surface area contributed by atoms with Crippen molar-refractivity contribution in [1.29, 1.82) is 0 Å². The van der Waals surface area contributed by atoms with Gasteiger partial charge in [-0.05, 0) is 31.4 Å². The van der Waals surface area contributed by atoms with Crippen LogP contribution in [0.25, 0.3) is 0 Å². The Bertz CT molecular complexity index is 596. The summed E-state index contributed by atoms with van der Waals surface area (Å²) in [5.74, 6) is -0.171. The Labute approximate surface area is 136 Å². The molecule has 1 aromatic rings. The Morgan fingerprint density at radius 3 is 2.61 bits per heavy atom. The third-order valence-electron chi connectivity index (χ3n) is 4.14. The molecule has 0 fully saturated rings. The molecule has 1 aliphatic heterocycles. The largest absolute Gasteiger partial charge is 0.475 e. The lowest BCUT2D eigenvalue weighted by molar-refractivity contribution is -0.145. The van der Waals surface area contributed by atoms with Crippen LogP contribution in [0.2, 0.25) is 0 Å². The number of para-hydroxylation sites is 1. The number of rotatable bonds is 6. The number of ether oxygens (including phenoxy) is 2. The van der Waals surface area contributed by atoms with Gasteiger partial charge in [0.2, 0.25) is 0 Å². The predicted octanol–water partition coefficient (Wildman–Crippen LogP) is 2.51. The number of hydrogen-bond donors (Lipinski definition) is 1. The molecule has 0 spiro atoms. The van der Waals surface area contributed by atoms with Crippen LogP contribution in [0, 0.1) is 0 Å². The summed E-state index contributed by atoms with van der Waals surface area (Å²) in [5, 5.41) is 0. The lowest BCUT2D eigenvalue weighted by atomic mass is 9.92. The van der Waals surface area contributed by atoms with E-state index < -0.39 is 11.6 Å². The van der Waals surface area contributed by atoms with E-state index in [-0.39, 0.29) is 12.5 Å². The number of nitrogen functional groups attached to an aromatic ring is 1. The molecule has 0 radical (unpaired) electrons. The van der Waals surface area contributed by atoms with Gasteiger partial charge in [0.1, 0.15) is 18.0 Å². The number of fused-ring (bicyclic) bond motifs is 1. The molecule has 0 atom stereocenters. The number of nitrogens with zero attached hydrogens (tertiary/aromatic N) is 1. The van der Waals surface area contributed by atoms with E-state index >= 15 is 0 Å². The lowest BCUT2D eigenvalue weighted by Gasteiger charge is -2.41. The highest BCUT2D eigenvalue weighted by Crippen LogP contribution is 2.43. The van der Waals surface area contributed by atoms with Crippen molar-refractivity contribution in [3.05, 3.63) is 18.2 Å². The van der Waals surface area contributed by atoms with Gasteiger partial charge in [-0.25, -0.2) is 0 Å². The Balaban J connectivity index is 2.41. The molecule has 6 heteroatoms. The second-order valence-electron chi connectivity index (χ2n) is 5.61. The van der Waals surface area contributed by atoms with Crippen LogP contribution in [0.1, 0.15) is 40.0 Å². The summed E-state index contributed by atoms with van der Waals surface area (Å²) >= 11 is 0. The minimum Gasteiger partial charge on any atom is -0.475 e. The van der Waals surface area contributed by atoms with Crippen molar-refractivity contribution in [2.45, 2.75) is 45.6 Å². The summed E-state index contributed by atoms with van der Waals surface area (Å²) in [6, 6.07) is 5.22. The molecule has 126 valence electrons. The molecule has 0 saturated heterocycles. The molecule has 0 unspecified atom stereocenters. The molecule has 0 bridgehead atoms. The van der Waals surface area contributed by atoms with Gasteiger partial charge in [-0.3, -0.25) is 14.5 Å². The third kappa shape index (κ3) is 3.11. The van der Waals surface area contributed by atoms with Gasteiger partial charge in [0.05, 0.1) is 12.3 Å². The Kier molecular flexibility index (Phi) is 5.13. The molecule has 0 saturated carbocycles. The van der Waals surface area contributed by atoms with E-state index in [2.05, 4.69) is 0 Å². The first-order chi connectivity index (χ1) is 11.0. The van der Waals surface area contributed by atoms with Crippen molar-refractivity contribution in [2.75, 3.05) is 23.8 Å². The highest BCUT2D eigenvalue weighted by atomic mass is 16.5. The first-order valence-electron chi connectivity index (χ1n) is 8.04. The van der Waals surface area contributed by atoms with E-state index in [4.69, 9.17) is 15.2 Å². The highest BCUT2D eigenvalue weighted by Gasteiger charge is 2.47. The van der Waals surface area contributed by atoms with Crippen LogP contribution in [0.15, 0.2) is 18.2 Å². The maximum Gasteiger partial charge on any atom is 0.326 e. The van der Waals surface area contributed by atoms with Crippen molar-refractivity contribution < 1.29 is 19.1 Å². The fourth-order valence-corrected chi connectivity index (χ4v) is 2.75. The van der Waals surface area contributed by atoms with Crippen molar-refractivity contribution in [2.24, 2.45) is 0 Å². The van der Waals surface area contributed by atoms with Gasteiger partial charge < -0.3 is 15.2 Å². The summed E-state index contributed by atoms with van der Waals surface area (Å²) in [4.78, 5) is 26.4. The number of benzene rings is 1. The van der Waals surface area contributed by atoms with Gasteiger partial charge in [-0.1, -0.05) is 26.8 Å². The number of carbonyl (C=O) groups excluding carboxylic acids is 2. The highest BCUT2D eigenvalue weighted by molar-refractivity contribution is 6.07. The van der Waals surface area contributed by atoms with E-state index in [0.717, 1.165) is 6.42 Å².